The molecule has 3 heterocycles. The molecule has 142 valence electrons. The van der Waals surface area contributed by atoms with E-state index in [0.29, 0.717) is 18.0 Å². The zero-order valence-corrected chi connectivity index (χ0v) is 16.0. The molecule has 2 amide bonds. The van der Waals surface area contributed by atoms with Crippen LogP contribution in [0.2, 0.25) is 5.02 Å². The van der Waals surface area contributed by atoms with Crippen LogP contribution in [-0.2, 0) is 0 Å². The maximum absolute atomic E-state index is 12.4. The van der Waals surface area contributed by atoms with Crippen LogP contribution in [0.3, 0.4) is 0 Å². The molecule has 0 bridgehead atoms. The third kappa shape index (κ3) is 4.09. The first-order valence-corrected chi connectivity index (χ1v) is 10.4. The number of rotatable bonds is 4. The van der Waals surface area contributed by atoms with Crippen LogP contribution in [0.4, 0.5) is 10.5 Å². The molecule has 0 radical (unpaired) electrons. The van der Waals surface area contributed by atoms with Gasteiger partial charge in [0.2, 0.25) is 0 Å². The van der Waals surface area contributed by atoms with Gasteiger partial charge in [0.1, 0.15) is 0 Å². The summed E-state index contributed by atoms with van der Waals surface area (Å²) in [6.45, 7) is 5.11. The van der Waals surface area contributed by atoms with Crippen LogP contribution in [0.5, 0.6) is 0 Å². The molecule has 1 aromatic carbocycles. The minimum Gasteiger partial charge on any atom is -0.371 e. The van der Waals surface area contributed by atoms with Crippen LogP contribution in [0.15, 0.2) is 24.3 Å². The Balaban J connectivity index is 1.21. The van der Waals surface area contributed by atoms with E-state index in [9.17, 15) is 4.79 Å². The van der Waals surface area contributed by atoms with E-state index in [0.717, 1.165) is 44.0 Å². The Morgan fingerprint density at radius 1 is 1.08 bits per heavy atom. The number of urea groups is 1. The van der Waals surface area contributed by atoms with Gasteiger partial charge in [0, 0.05) is 49.0 Å². The van der Waals surface area contributed by atoms with Crippen LogP contribution < -0.4 is 15.5 Å². The fourth-order valence-corrected chi connectivity index (χ4v) is 4.88. The topological polar surface area (TPSA) is 47.6 Å². The van der Waals surface area contributed by atoms with Crippen molar-refractivity contribution in [2.75, 3.05) is 37.6 Å². The third-order valence-electron chi connectivity index (χ3n) is 6.20. The van der Waals surface area contributed by atoms with E-state index in [1.807, 2.05) is 12.1 Å². The largest absolute Gasteiger partial charge is 0.371 e. The van der Waals surface area contributed by atoms with Crippen LogP contribution in [0, 0.1) is 5.92 Å². The molecule has 3 saturated heterocycles. The number of hydrogen-bond acceptors (Lipinski definition) is 3. The Kier molecular flexibility index (Phi) is 5.55. The zero-order chi connectivity index (χ0) is 17.9. The zero-order valence-electron chi connectivity index (χ0n) is 15.3. The predicted octanol–water partition coefficient (Wildman–Crippen LogP) is 3.09. The standard InChI is InChI=1S/C20H29ClN4O/c21-16-4-6-17(7-5-16)25-11-8-15(14-25)13-22-20(26)23-18-9-12-24-10-2-1-3-19(18)24/h4-7,15,18-19H,1-3,8-14H2,(H2,22,23,26)/t15-,18-,19+/m0/s1. The lowest BCUT2D eigenvalue weighted by Gasteiger charge is -2.32. The second-order valence-corrected chi connectivity index (χ2v) is 8.36. The van der Waals surface area contributed by atoms with Gasteiger partial charge in [-0.25, -0.2) is 4.79 Å². The average Bonchev–Trinajstić information content (AvgIpc) is 3.28. The Labute approximate surface area is 161 Å². The molecule has 6 heteroatoms. The molecule has 0 spiro atoms. The molecule has 0 saturated carbocycles. The van der Waals surface area contributed by atoms with Gasteiger partial charge in [-0.15, -0.1) is 0 Å². The average molecular weight is 377 g/mol. The summed E-state index contributed by atoms with van der Waals surface area (Å²) in [5.74, 6) is 0.506. The van der Waals surface area contributed by atoms with E-state index >= 15 is 0 Å². The van der Waals surface area contributed by atoms with Crippen molar-refractivity contribution in [3.05, 3.63) is 29.3 Å². The van der Waals surface area contributed by atoms with E-state index in [2.05, 4.69) is 32.6 Å². The summed E-state index contributed by atoms with van der Waals surface area (Å²) in [6, 6.07) is 8.90. The van der Waals surface area contributed by atoms with Crippen molar-refractivity contribution in [3.8, 4) is 0 Å². The smallest absolute Gasteiger partial charge is 0.315 e. The minimum atomic E-state index is 0.00682. The lowest BCUT2D eigenvalue weighted by Crippen LogP contribution is -2.50. The Morgan fingerprint density at radius 3 is 2.77 bits per heavy atom. The van der Waals surface area contributed by atoms with Gasteiger partial charge in [-0.2, -0.15) is 0 Å². The highest BCUT2D eigenvalue weighted by Gasteiger charge is 2.36. The number of hydrogen-bond donors (Lipinski definition) is 2. The van der Waals surface area contributed by atoms with Gasteiger partial charge in [-0.3, -0.25) is 4.90 Å². The molecule has 0 aliphatic carbocycles. The molecular weight excluding hydrogens is 348 g/mol. The van der Waals surface area contributed by atoms with Crippen molar-refractivity contribution in [3.63, 3.8) is 0 Å². The molecule has 0 unspecified atom stereocenters. The number of amides is 2. The summed E-state index contributed by atoms with van der Waals surface area (Å²) in [5.41, 5.74) is 1.21. The number of benzene rings is 1. The van der Waals surface area contributed by atoms with E-state index in [4.69, 9.17) is 11.6 Å². The molecule has 5 nitrogen and oxygen atoms in total. The Morgan fingerprint density at radius 2 is 1.92 bits per heavy atom. The van der Waals surface area contributed by atoms with E-state index in [1.165, 1.54) is 31.5 Å². The summed E-state index contributed by atoms with van der Waals surface area (Å²) < 4.78 is 0. The van der Waals surface area contributed by atoms with Crippen molar-refractivity contribution < 1.29 is 4.79 Å². The maximum atomic E-state index is 12.4. The molecule has 4 rings (SSSR count). The molecule has 3 atom stereocenters. The molecular formula is C20H29ClN4O. The van der Waals surface area contributed by atoms with Gasteiger partial charge in [-0.1, -0.05) is 18.0 Å². The summed E-state index contributed by atoms with van der Waals surface area (Å²) in [6.07, 6.45) is 6.03. The summed E-state index contributed by atoms with van der Waals surface area (Å²) in [4.78, 5) is 17.3. The highest BCUT2D eigenvalue weighted by molar-refractivity contribution is 6.30. The number of nitrogens with zero attached hydrogens (tertiary/aromatic N) is 2. The van der Waals surface area contributed by atoms with Crippen molar-refractivity contribution in [1.29, 1.82) is 0 Å². The summed E-state index contributed by atoms with van der Waals surface area (Å²) in [7, 11) is 0. The van der Waals surface area contributed by atoms with Gasteiger partial charge in [0.25, 0.3) is 0 Å². The number of carbonyl (C=O) groups is 1. The molecule has 1 aromatic rings. The number of piperidine rings is 1. The van der Waals surface area contributed by atoms with E-state index in [-0.39, 0.29) is 6.03 Å². The first kappa shape index (κ1) is 17.9. The fraction of sp³-hybridized carbons (Fsp3) is 0.650. The molecule has 3 aliphatic heterocycles. The van der Waals surface area contributed by atoms with Gasteiger partial charge >= 0.3 is 6.03 Å². The Hall–Kier alpha value is -1.46. The molecule has 3 aliphatic rings. The van der Waals surface area contributed by atoms with E-state index in [1.54, 1.807) is 0 Å². The monoisotopic (exact) mass is 376 g/mol. The lowest BCUT2D eigenvalue weighted by molar-refractivity contribution is 0.178. The first-order valence-electron chi connectivity index (χ1n) is 9.98. The molecule has 0 aromatic heterocycles. The lowest BCUT2D eigenvalue weighted by atomic mass is 9.99. The molecule has 3 fully saturated rings. The number of carbonyl (C=O) groups excluding carboxylic acids is 1. The number of halogens is 1. The van der Waals surface area contributed by atoms with Crippen LogP contribution in [0.1, 0.15) is 32.1 Å². The third-order valence-corrected chi connectivity index (χ3v) is 6.45. The number of anilines is 1. The van der Waals surface area contributed by atoms with Gasteiger partial charge in [0.05, 0.1) is 0 Å². The Bertz CT molecular complexity index is 623. The minimum absolute atomic E-state index is 0.00682. The van der Waals surface area contributed by atoms with Crippen molar-refractivity contribution in [2.45, 2.75) is 44.2 Å². The van der Waals surface area contributed by atoms with E-state index < -0.39 is 0 Å². The number of nitrogens with one attached hydrogen (secondary N) is 2. The fourth-order valence-electron chi connectivity index (χ4n) is 4.76. The maximum Gasteiger partial charge on any atom is 0.315 e. The first-order chi connectivity index (χ1) is 12.7. The second-order valence-electron chi connectivity index (χ2n) is 7.93. The van der Waals surface area contributed by atoms with Gasteiger partial charge < -0.3 is 15.5 Å². The molecule has 2 N–H and O–H groups in total. The van der Waals surface area contributed by atoms with Gasteiger partial charge in [-0.05, 0) is 62.4 Å². The highest BCUT2D eigenvalue weighted by atomic mass is 35.5. The van der Waals surface area contributed by atoms with Crippen LogP contribution in [0.25, 0.3) is 0 Å². The molecule has 26 heavy (non-hydrogen) atoms. The van der Waals surface area contributed by atoms with Crippen LogP contribution in [-0.4, -0.2) is 55.7 Å². The van der Waals surface area contributed by atoms with Crippen molar-refractivity contribution in [1.82, 2.24) is 15.5 Å². The normalized spacial score (nSPS) is 28.8. The SMILES string of the molecule is O=C(NC[C@@H]1CCN(c2ccc(Cl)cc2)C1)N[C@H]1CCN2CCCC[C@H]12. The van der Waals surface area contributed by atoms with Gasteiger partial charge in [0.15, 0.2) is 0 Å². The summed E-state index contributed by atoms with van der Waals surface area (Å²) in [5, 5.41) is 7.11. The van der Waals surface area contributed by atoms with Crippen molar-refractivity contribution in [2.24, 2.45) is 5.92 Å². The van der Waals surface area contributed by atoms with Crippen LogP contribution >= 0.6 is 11.6 Å². The predicted molar refractivity (Wildman–Crippen MR) is 106 cm³/mol. The van der Waals surface area contributed by atoms with Crippen molar-refractivity contribution >= 4 is 23.3 Å². The second kappa shape index (κ2) is 8.05. The number of fused-ring (bicyclic) bond motifs is 1. The highest BCUT2D eigenvalue weighted by Crippen LogP contribution is 2.27. The summed E-state index contributed by atoms with van der Waals surface area (Å²) >= 11 is 5.97. The quantitative estimate of drug-likeness (QED) is 0.848.